The molecule has 0 fully saturated rings. The Bertz CT molecular complexity index is 268. The second-order valence-corrected chi connectivity index (χ2v) is 5.88. The van der Waals surface area contributed by atoms with Gasteiger partial charge in [0.1, 0.15) is 0 Å². The normalized spacial score (nSPS) is 11.3. The molecule has 0 spiro atoms. The van der Waals surface area contributed by atoms with E-state index in [1.807, 2.05) is 0 Å². The summed E-state index contributed by atoms with van der Waals surface area (Å²) < 4.78 is 33.1. The maximum absolute atomic E-state index is 10.2. The number of rotatable bonds is 13. The Labute approximate surface area is 130 Å². The van der Waals surface area contributed by atoms with Crippen LogP contribution in [0.4, 0.5) is 0 Å². The summed E-state index contributed by atoms with van der Waals surface area (Å²) in [6.45, 7) is 2.32. The van der Waals surface area contributed by atoms with Crippen LogP contribution in [0.25, 0.3) is 0 Å². The first-order valence-corrected chi connectivity index (χ1v) is 8.54. The van der Waals surface area contributed by atoms with Gasteiger partial charge in [0.25, 0.3) is 0 Å². The third-order valence-corrected chi connectivity index (χ3v) is 3.44. The number of hydrogen-bond donors (Lipinski definition) is 1. The summed E-state index contributed by atoms with van der Waals surface area (Å²) in [4.78, 5) is 0. The van der Waals surface area contributed by atoms with Crippen LogP contribution >= 0.6 is 0 Å². The van der Waals surface area contributed by atoms with E-state index >= 15 is 0 Å². The van der Waals surface area contributed by atoms with Crippen molar-refractivity contribution in [3.05, 3.63) is 0 Å². The van der Waals surface area contributed by atoms with Crippen molar-refractivity contribution < 1.29 is 17.2 Å². The van der Waals surface area contributed by atoms with Crippen LogP contribution in [0.1, 0.15) is 77.6 Å². The van der Waals surface area contributed by atoms with Crippen LogP contribution in [0, 0.1) is 0 Å². The maximum atomic E-state index is 10.2. The standard InChI is InChI=1S/C13H28O4S.Li.H/c1-2-3-4-5-6-7-8-9-10-11-12-13-17-18(14,15)16;;/h2-13H2,1H3,(H,14,15,16);;. The molecular weight excluding hydrogens is 259 g/mol. The summed E-state index contributed by atoms with van der Waals surface area (Å²) in [6, 6.07) is 0. The van der Waals surface area contributed by atoms with E-state index in [9.17, 15) is 8.42 Å². The van der Waals surface area contributed by atoms with Gasteiger partial charge in [-0.25, -0.2) is 4.18 Å². The Kier molecular flexibility index (Phi) is 17.0. The Balaban J connectivity index is 0. The van der Waals surface area contributed by atoms with Gasteiger partial charge in [0, 0.05) is 0 Å². The van der Waals surface area contributed by atoms with E-state index in [1.54, 1.807) is 0 Å². The molecule has 0 unspecified atom stereocenters. The second-order valence-electron chi connectivity index (χ2n) is 4.79. The van der Waals surface area contributed by atoms with Gasteiger partial charge in [0.05, 0.1) is 6.61 Å². The molecule has 4 nitrogen and oxygen atoms in total. The molecule has 0 aromatic rings. The van der Waals surface area contributed by atoms with Gasteiger partial charge in [-0.05, 0) is 6.42 Å². The van der Waals surface area contributed by atoms with Gasteiger partial charge < -0.3 is 0 Å². The average Bonchev–Trinajstić information content (AvgIpc) is 2.29. The molecule has 0 aliphatic rings. The Hall–Kier alpha value is 0.467. The van der Waals surface area contributed by atoms with Gasteiger partial charge in [-0.2, -0.15) is 8.42 Å². The molecular formula is C13H29LiO4S. The summed E-state index contributed by atoms with van der Waals surface area (Å²) in [5.41, 5.74) is 0. The van der Waals surface area contributed by atoms with E-state index in [-0.39, 0.29) is 25.5 Å². The molecule has 0 atom stereocenters. The molecule has 19 heavy (non-hydrogen) atoms. The zero-order valence-corrected chi connectivity index (χ0v) is 12.4. The van der Waals surface area contributed by atoms with Crippen molar-refractivity contribution in [1.82, 2.24) is 0 Å². The van der Waals surface area contributed by atoms with E-state index in [0.717, 1.165) is 12.8 Å². The molecule has 0 aliphatic heterocycles. The van der Waals surface area contributed by atoms with E-state index in [4.69, 9.17) is 4.55 Å². The van der Waals surface area contributed by atoms with E-state index in [0.29, 0.717) is 6.42 Å². The quantitative estimate of drug-likeness (QED) is 0.320. The third-order valence-electron chi connectivity index (χ3n) is 2.98. The first kappa shape index (κ1) is 21.8. The van der Waals surface area contributed by atoms with Crippen molar-refractivity contribution in [1.29, 1.82) is 0 Å². The topological polar surface area (TPSA) is 63.6 Å². The van der Waals surface area contributed by atoms with Crippen molar-refractivity contribution in [3.8, 4) is 0 Å². The van der Waals surface area contributed by atoms with E-state index in [2.05, 4.69) is 11.1 Å². The molecule has 0 saturated carbocycles. The summed E-state index contributed by atoms with van der Waals surface area (Å²) in [5.74, 6) is 0. The fourth-order valence-electron chi connectivity index (χ4n) is 1.93. The van der Waals surface area contributed by atoms with Gasteiger partial charge in [-0.1, -0.05) is 71.1 Å². The predicted molar refractivity (Wildman–Crippen MR) is 81.1 cm³/mol. The van der Waals surface area contributed by atoms with Crippen molar-refractivity contribution in [3.63, 3.8) is 0 Å². The zero-order valence-electron chi connectivity index (χ0n) is 11.6. The fourth-order valence-corrected chi connectivity index (χ4v) is 2.26. The Morgan fingerprint density at radius 3 is 1.53 bits per heavy atom. The SMILES string of the molecule is CCCCCCCCCCCCCOS(=O)(=O)O.[LiH]. The Morgan fingerprint density at radius 2 is 1.16 bits per heavy atom. The minimum absolute atomic E-state index is 0. The molecule has 112 valence electrons. The Morgan fingerprint density at radius 1 is 0.789 bits per heavy atom. The van der Waals surface area contributed by atoms with Crippen molar-refractivity contribution in [2.24, 2.45) is 0 Å². The van der Waals surface area contributed by atoms with Gasteiger partial charge >= 0.3 is 29.3 Å². The first-order valence-electron chi connectivity index (χ1n) is 7.18. The van der Waals surface area contributed by atoms with Crippen LogP contribution in [-0.2, 0) is 14.6 Å². The zero-order chi connectivity index (χ0) is 13.7. The summed E-state index contributed by atoms with van der Waals surface area (Å²) in [6.07, 6.45) is 13.3. The number of unbranched alkanes of at least 4 members (excludes halogenated alkanes) is 10. The van der Waals surface area contributed by atoms with E-state index < -0.39 is 10.4 Å². The van der Waals surface area contributed by atoms with Gasteiger partial charge in [0.2, 0.25) is 0 Å². The van der Waals surface area contributed by atoms with Crippen molar-refractivity contribution in [2.45, 2.75) is 77.6 Å². The minimum atomic E-state index is -4.24. The van der Waals surface area contributed by atoms with Crippen LogP contribution in [0.15, 0.2) is 0 Å². The number of hydrogen-bond acceptors (Lipinski definition) is 3. The molecule has 0 rings (SSSR count). The molecule has 0 heterocycles. The third kappa shape index (κ3) is 20.9. The molecule has 0 aliphatic carbocycles. The van der Waals surface area contributed by atoms with Crippen LogP contribution in [-0.4, -0.2) is 38.4 Å². The van der Waals surface area contributed by atoms with E-state index in [1.165, 1.54) is 51.4 Å². The van der Waals surface area contributed by atoms with Crippen molar-refractivity contribution in [2.75, 3.05) is 6.61 Å². The molecule has 0 amide bonds. The van der Waals surface area contributed by atoms with Crippen LogP contribution in [0.2, 0.25) is 0 Å². The van der Waals surface area contributed by atoms with Crippen LogP contribution < -0.4 is 0 Å². The summed E-state index contributed by atoms with van der Waals surface area (Å²) >= 11 is 0. The monoisotopic (exact) mass is 288 g/mol. The summed E-state index contributed by atoms with van der Waals surface area (Å²) in [7, 11) is -4.24. The van der Waals surface area contributed by atoms with Gasteiger partial charge in [-0.3, -0.25) is 4.55 Å². The average molecular weight is 288 g/mol. The summed E-state index contributed by atoms with van der Waals surface area (Å²) in [5, 5.41) is 0. The van der Waals surface area contributed by atoms with Gasteiger partial charge in [-0.15, -0.1) is 0 Å². The fraction of sp³-hybridized carbons (Fsp3) is 1.00. The molecule has 6 heteroatoms. The van der Waals surface area contributed by atoms with Crippen LogP contribution in [0.5, 0.6) is 0 Å². The van der Waals surface area contributed by atoms with Crippen molar-refractivity contribution >= 4 is 29.3 Å². The first-order chi connectivity index (χ1) is 8.56. The van der Waals surface area contributed by atoms with Crippen LogP contribution in [0.3, 0.4) is 0 Å². The molecule has 0 bridgehead atoms. The predicted octanol–water partition coefficient (Wildman–Crippen LogP) is 3.47. The molecule has 1 N–H and O–H groups in total. The second kappa shape index (κ2) is 14.9. The molecule has 0 saturated heterocycles. The molecule has 0 aromatic heterocycles. The molecule has 0 aromatic carbocycles. The van der Waals surface area contributed by atoms with Gasteiger partial charge in [0.15, 0.2) is 0 Å². The molecule has 0 radical (unpaired) electrons.